The van der Waals surface area contributed by atoms with Crippen molar-refractivity contribution in [2.75, 3.05) is 11.5 Å². The predicted molar refractivity (Wildman–Crippen MR) is 59.3 cm³/mol. The number of amides is 1. The van der Waals surface area contributed by atoms with Gasteiger partial charge in [0, 0.05) is 11.5 Å². The van der Waals surface area contributed by atoms with E-state index in [1.165, 1.54) is 0 Å². The van der Waals surface area contributed by atoms with E-state index in [0.717, 1.165) is 0 Å². The lowest BCUT2D eigenvalue weighted by Gasteiger charge is -2.26. The molecule has 1 fully saturated rings. The molecule has 1 aliphatic rings. The van der Waals surface area contributed by atoms with Gasteiger partial charge in [0.15, 0.2) is 0 Å². The highest BCUT2D eigenvalue weighted by atomic mass is 32.2. The second-order valence-electron chi connectivity index (χ2n) is 5.17. The van der Waals surface area contributed by atoms with E-state index in [1.54, 1.807) is 0 Å². The van der Waals surface area contributed by atoms with E-state index in [0.29, 0.717) is 12.8 Å². The average Bonchev–Trinajstić information content (AvgIpc) is 2.00. The predicted octanol–water partition coefficient (Wildman–Crippen LogP) is 0.726. The topological polar surface area (TPSA) is 63.2 Å². The molecule has 0 aliphatic carbocycles. The van der Waals surface area contributed by atoms with Gasteiger partial charge in [0.25, 0.3) is 0 Å². The highest BCUT2D eigenvalue weighted by Gasteiger charge is 2.29. The monoisotopic (exact) mass is 233 g/mol. The Balaban J connectivity index is 2.51. The lowest BCUT2D eigenvalue weighted by Crippen LogP contribution is -2.45. The summed E-state index contributed by atoms with van der Waals surface area (Å²) >= 11 is 0. The molecule has 1 rings (SSSR count). The Kier molecular flexibility index (Phi) is 3.43. The summed E-state index contributed by atoms with van der Waals surface area (Å²) in [5.41, 5.74) is -0.243. The van der Waals surface area contributed by atoms with E-state index in [-0.39, 0.29) is 28.9 Å². The summed E-state index contributed by atoms with van der Waals surface area (Å²) < 4.78 is 22.3. The SMILES string of the molecule is CC(C)(C)NC(=O)C1CCS(=O)(=O)CC1. The quantitative estimate of drug-likeness (QED) is 0.726. The highest BCUT2D eigenvalue weighted by Crippen LogP contribution is 2.19. The van der Waals surface area contributed by atoms with Crippen LogP contribution in [-0.4, -0.2) is 31.4 Å². The van der Waals surface area contributed by atoms with Gasteiger partial charge in [0.1, 0.15) is 9.84 Å². The van der Waals surface area contributed by atoms with Crippen molar-refractivity contribution in [2.24, 2.45) is 5.92 Å². The van der Waals surface area contributed by atoms with E-state index < -0.39 is 9.84 Å². The van der Waals surface area contributed by atoms with Crippen LogP contribution in [0.25, 0.3) is 0 Å². The van der Waals surface area contributed by atoms with Gasteiger partial charge in [0.05, 0.1) is 11.5 Å². The summed E-state index contributed by atoms with van der Waals surface area (Å²) in [5.74, 6) is 0.148. The van der Waals surface area contributed by atoms with Gasteiger partial charge in [-0.15, -0.1) is 0 Å². The van der Waals surface area contributed by atoms with Crippen LogP contribution in [-0.2, 0) is 14.6 Å². The lowest BCUT2D eigenvalue weighted by molar-refractivity contribution is -0.126. The molecule has 0 aromatic heterocycles. The van der Waals surface area contributed by atoms with Gasteiger partial charge in [-0.3, -0.25) is 4.79 Å². The minimum absolute atomic E-state index is 0.0163. The molecule has 4 nitrogen and oxygen atoms in total. The first-order valence-corrected chi connectivity index (χ1v) is 7.04. The summed E-state index contributed by atoms with van der Waals surface area (Å²) in [6.45, 7) is 5.76. The Labute approximate surface area is 91.4 Å². The fraction of sp³-hybridized carbons (Fsp3) is 0.900. The van der Waals surface area contributed by atoms with E-state index in [1.807, 2.05) is 20.8 Å². The first-order chi connectivity index (χ1) is 6.70. The number of hydrogen-bond donors (Lipinski definition) is 1. The van der Waals surface area contributed by atoms with Crippen molar-refractivity contribution in [3.05, 3.63) is 0 Å². The fourth-order valence-corrected chi connectivity index (χ4v) is 3.12. The maximum absolute atomic E-state index is 11.7. The third-order valence-corrected chi connectivity index (χ3v) is 4.14. The van der Waals surface area contributed by atoms with Crippen LogP contribution in [0, 0.1) is 5.92 Å². The maximum Gasteiger partial charge on any atom is 0.223 e. The standard InChI is InChI=1S/C10H19NO3S/c1-10(2,3)11-9(12)8-4-6-15(13,14)7-5-8/h8H,4-7H2,1-3H3,(H,11,12). The number of nitrogens with one attached hydrogen (secondary N) is 1. The second kappa shape index (κ2) is 4.12. The van der Waals surface area contributed by atoms with Crippen molar-refractivity contribution in [2.45, 2.75) is 39.2 Å². The number of sulfone groups is 1. The average molecular weight is 233 g/mol. The van der Waals surface area contributed by atoms with E-state index in [9.17, 15) is 13.2 Å². The Morgan fingerprint density at radius 1 is 1.20 bits per heavy atom. The maximum atomic E-state index is 11.7. The third kappa shape index (κ3) is 4.20. The summed E-state index contributed by atoms with van der Waals surface area (Å²) in [7, 11) is -2.87. The van der Waals surface area contributed by atoms with Gasteiger partial charge in [-0.25, -0.2) is 8.42 Å². The number of carbonyl (C=O) groups is 1. The minimum Gasteiger partial charge on any atom is -0.351 e. The molecular formula is C10H19NO3S. The summed E-state index contributed by atoms with van der Waals surface area (Å²) in [4.78, 5) is 11.7. The van der Waals surface area contributed by atoms with Crippen molar-refractivity contribution >= 4 is 15.7 Å². The van der Waals surface area contributed by atoms with E-state index in [2.05, 4.69) is 5.32 Å². The molecule has 0 spiro atoms. The summed E-state index contributed by atoms with van der Waals surface area (Å²) in [6, 6.07) is 0. The Bertz CT molecular complexity index is 326. The molecule has 0 radical (unpaired) electrons. The number of carbonyl (C=O) groups excluding carboxylic acids is 1. The van der Waals surface area contributed by atoms with Crippen LogP contribution in [0.4, 0.5) is 0 Å². The van der Waals surface area contributed by atoms with Crippen LogP contribution in [0.2, 0.25) is 0 Å². The Morgan fingerprint density at radius 2 is 1.67 bits per heavy atom. The molecule has 1 amide bonds. The van der Waals surface area contributed by atoms with Gasteiger partial charge in [-0.1, -0.05) is 0 Å². The molecule has 1 heterocycles. The van der Waals surface area contributed by atoms with Gasteiger partial charge >= 0.3 is 0 Å². The van der Waals surface area contributed by atoms with Crippen molar-refractivity contribution < 1.29 is 13.2 Å². The van der Waals surface area contributed by atoms with Gasteiger partial charge in [0.2, 0.25) is 5.91 Å². The summed E-state index contributed by atoms with van der Waals surface area (Å²) in [5, 5.41) is 2.88. The van der Waals surface area contributed by atoms with Crippen LogP contribution < -0.4 is 5.32 Å². The molecule has 88 valence electrons. The second-order valence-corrected chi connectivity index (χ2v) is 7.47. The number of rotatable bonds is 1. The molecule has 0 bridgehead atoms. The fourth-order valence-electron chi connectivity index (χ4n) is 1.62. The molecule has 5 heteroatoms. The highest BCUT2D eigenvalue weighted by molar-refractivity contribution is 7.91. The minimum atomic E-state index is -2.87. The molecule has 1 saturated heterocycles. The molecule has 1 N–H and O–H groups in total. The molecule has 0 aromatic carbocycles. The third-order valence-electron chi connectivity index (χ3n) is 2.42. The van der Waals surface area contributed by atoms with Crippen molar-refractivity contribution in [3.63, 3.8) is 0 Å². The van der Waals surface area contributed by atoms with Crippen molar-refractivity contribution in [3.8, 4) is 0 Å². The molecule has 15 heavy (non-hydrogen) atoms. The van der Waals surface area contributed by atoms with Crippen molar-refractivity contribution in [1.82, 2.24) is 5.32 Å². The zero-order valence-electron chi connectivity index (χ0n) is 9.54. The van der Waals surface area contributed by atoms with Gasteiger partial charge in [-0.05, 0) is 33.6 Å². The molecule has 0 aromatic rings. The van der Waals surface area contributed by atoms with Gasteiger partial charge in [-0.2, -0.15) is 0 Å². The first-order valence-electron chi connectivity index (χ1n) is 5.22. The smallest absolute Gasteiger partial charge is 0.223 e. The summed E-state index contributed by atoms with van der Waals surface area (Å²) in [6.07, 6.45) is 0.925. The zero-order valence-corrected chi connectivity index (χ0v) is 10.4. The molecular weight excluding hydrogens is 214 g/mol. The van der Waals surface area contributed by atoms with Crippen LogP contribution >= 0.6 is 0 Å². The lowest BCUT2D eigenvalue weighted by atomic mass is 9.99. The van der Waals surface area contributed by atoms with Crippen LogP contribution in [0.5, 0.6) is 0 Å². The molecule has 0 unspecified atom stereocenters. The molecule has 0 atom stereocenters. The molecule has 1 aliphatic heterocycles. The van der Waals surface area contributed by atoms with Crippen LogP contribution in [0.1, 0.15) is 33.6 Å². The normalized spacial score (nSPS) is 22.3. The first kappa shape index (κ1) is 12.5. The Morgan fingerprint density at radius 3 is 2.07 bits per heavy atom. The van der Waals surface area contributed by atoms with Crippen molar-refractivity contribution in [1.29, 1.82) is 0 Å². The number of hydrogen-bond acceptors (Lipinski definition) is 3. The van der Waals surface area contributed by atoms with E-state index in [4.69, 9.17) is 0 Å². The van der Waals surface area contributed by atoms with Gasteiger partial charge < -0.3 is 5.32 Å². The largest absolute Gasteiger partial charge is 0.351 e. The van der Waals surface area contributed by atoms with Crippen LogP contribution in [0.3, 0.4) is 0 Å². The Hall–Kier alpha value is -0.580. The van der Waals surface area contributed by atoms with Crippen LogP contribution in [0.15, 0.2) is 0 Å². The molecule has 0 saturated carbocycles. The zero-order chi connectivity index (χ0) is 11.7. The van der Waals surface area contributed by atoms with E-state index >= 15 is 0 Å².